The number of hydrogen-bond donors (Lipinski definition) is 0. The Morgan fingerprint density at radius 3 is 2.11 bits per heavy atom. The van der Waals surface area contributed by atoms with Crippen LogP contribution in [0.15, 0.2) is 0 Å². The number of hydrogen-bond acceptors (Lipinski definition) is 2. The summed E-state index contributed by atoms with van der Waals surface area (Å²) in [5, 5.41) is 9.61. The van der Waals surface area contributed by atoms with Gasteiger partial charge < -0.3 is 0 Å². The Hall–Kier alpha value is -1.29. The zero-order chi connectivity index (χ0) is 13.4. The van der Waals surface area contributed by atoms with Crippen LogP contribution in [0.1, 0.15) is 35.1 Å². The van der Waals surface area contributed by atoms with E-state index in [1.807, 2.05) is 18.7 Å². The molecule has 4 nitrogen and oxygen atoms in total. The van der Waals surface area contributed by atoms with Crippen molar-refractivity contribution < 1.29 is 0 Å². The molecule has 0 bridgehead atoms. The minimum absolute atomic E-state index is 0.686. The van der Waals surface area contributed by atoms with Crippen molar-refractivity contribution in [2.75, 3.05) is 0 Å². The van der Waals surface area contributed by atoms with Gasteiger partial charge in [0.2, 0.25) is 0 Å². The van der Waals surface area contributed by atoms with E-state index in [1.54, 1.807) is 4.68 Å². The highest BCUT2D eigenvalue weighted by Gasteiger charge is 2.15. The lowest BCUT2D eigenvalue weighted by atomic mass is 10.1. The molecule has 2 heterocycles. The van der Waals surface area contributed by atoms with Gasteiger partial charge in [-0.1, -0.05) is 18.5 Å². The molecule has 18 heavy (non-hydrogen) atoms. The third kappa shape index (κ3) is 2.05. The quantitative estimate of drug-likeness (QED) is 0.856. The lowest BCUT2D eigenvalue weighted by Gasteiger charge is -2.05. The van der Waals surface area contributed by atoms with Crippen LogP contribution in [0, 0.1) is 20.8 Å². The van der Waals surface area contributed by atoms with Crippen LogP contribution in [0.2, 0.25) is 5.15 Å². The molecule has 2 rings (SSSR count). The van der Waals surface area contributed by atoms with Crippen molar-refractivity contribution in [1.29, 1.82) is 0 Å². The average Bonchev–Trinajstić information content (AvgIpc) is 2.71. The van der Waals surface area contributed by atoms with Gasteiger partial charge in [-0.3, -0.25) is 9.36 Å². The molecule has 0 aromatic carbocycles. The van der Waals surface area contributed by atoms with Crippen molar-refractivity contribution in [2.24, 2.45) is 7.05 Å². The summed E-state index contributed by atoms with van der Waals surface area (Å²) in [5.74, 6) is 0. The molecule has 0 aliphatic heterocycles. The summed E-state index contributed by atoms with van der Waals surface area (Å²) in [6.45, 7) is 8.99. The fourth-order valence-corrected chi connectivity index (χ4v) is 2.64. The molecule has 0 amide bonds. The summed E-state index contributed by atoms with van der Waals surface area (Å²) < 4.78 is 3.72. The van der Waals surface area contributed by atoms with Gasteiger partial charge in [0.25, 0.3) is 0 Å². The summed E-state index contributed by atoms with van der Waals surface area (Å²) in [4.78, 5) is 0. The van der Waals surface area contributed by atoms with Gasteiger partial charge >= 0.3 is 0 Å². The molecular formula is C13H19ClN4. The second kappa shape index (κ2) is 4.76. The Morgan fingerprint density at radius 1 is 1.06 bits per heavy atom. The Kier molecular flexibility index (Phi) is 3.48. The molecule has 2 aromatic rings. The molecule has 0 saturated heterocycles. The van der Waals surface area contributed by atoms with Gasteiger partial charge in [0, 0.05) is 18.3 Å². The van der Waals surface area contributed by atoms with E-state index >= 15 is 0 Å². The molecule has 0 aliphatic carbocycles. The Balaban J connectivity index is 2.40. The highest BCUT2D eigenvalue weighted by molar-refractivity contribution is 6.30. The van der Waals surface area contributed by atoms with Crippen LogP contribution < -0.4 is 0 Å². The molecule has 0 aliphatic rings. The van der Waals surface area contributed by atoms with E-state index in [1.165, 1.54) is 11.3 Å². The highest BCUT2D eigenvalue weighted by atomic mass is 35.5. The van der Waals surface area contributed by atoms with Crippen molar-refractivity contribution in [2.45, 2.75) is 40.7 Å². The predicted molar refractivity (Wildman–Crippen MR) is 73.1 cm³/mol. The third-order valence-corrected chi connectivity index (χ3v) is 3.94. The number of aromatic nitrogens is 4. The van der Waals surface area contributed by atoms with Gasteiger partial charge in [-0.2, -0.15) is 10.2 Å². The van der Waals surface area contributed by atoms with Crippen molar-refractivity contribution >= 4 is 11.6 Å². The van der Waals surface area contributed by atoms with E-state index in [9.17, 15) is 0 Å². The molecule has 0 radical (unpaired) electrons. The molecule has 0 spiro atoms. The van der Waals surface area contributed by atoms with Crippen LogP contribution in [0.25, 0.3) is 0 Å². The fraction of sp³-hybridized carbons (Fsp3) is 0.538. The lowest BCUT2D eigenvalue weighted by Crippen LogP contribution is -2.05. The first-order valence-electron chi connectivity index (χ1n) is 6.16. The largest absolute Gasteiger partial charge is 0.265 e. The maximum absolute atomic E-state index is 6.26. The van der Waals surface area contributed by atoms with Crippen molar-refractivity contribution in [3.05, 3.63) is 33.4 Å². The van der Waals surface area contributed by atoms with Gasteiger partial charge in [-0.05, 0) is 32.8 Å². The molecule has 5 heteroatoms. The monoisotopic (exact) mass is 266 g/mol. The minimum atomic E-state index is 0.686. The molecular weight excluding hydrogens is 248 g/mol. The Labute approximate surface area is 113 Å². The Morgan fingerprint density at radius 2 is 1.67 bits per heavy atom. The van der Waals surface area contributed by atoms with Crippen molar-refractivity contribution in [1.82, 2.24) is 19.6 Å². The summed E-state index contributed by atoms with van der Waals surface area (Å²) >= 11 is 6.26. The summed E-state index contributed by atoms with van der Waals surface area (Å²) in [5.41, 5.74) is 5.66. The predicted octanol–water partition coefficient (Wildman–Crippen LogP) is 2.81. The second-order valence-corrected chi connectivity index (χ2v) is 5.00. The normalized spacial score (nSPS) is 11.2. The van der Waals surface area contributed by atoms with Gasteiger partial charge in [-0.25, -0.2) is 0 Å². The van der Waals surface area contributed by atoms with Gasteiger partial charge in [-0.15, -0.1) is 0 Å². The Bertz CT molecular complexity index is 580. The summed E-state index contributed by atoms with van der Waals surface area (Å²) in [6, 6.07) is 0. The standard InChI is InChI=1S/C13H19ClN4/c1-6-11-8(2)16-18(10(11)4)7-12-9(3)15-17(5)13(12)14/h6-7H2,1-5H3. The van der Waals surface area contributed by atoms with E-state index in [0.29, 0.717) is 11.7 Å². The SMILES string of the molecule is CCc1c(C)nn(Cc2c(C)nn(C)c2Cl)c1C. The van der Waals surface area contributed by atoms with E-state index in [2.05, 4.69) is 31.0 Å². The van der Waals surface area contributed by atoms with E-state index < -0.39 is 0 Å². The first-order chi connectivity index (χ1) is 8.45. The summed E-state index contributed by atoms with van der Waals surface area (Å²) in [6.07, 6.45) is 1.01. The summed E-state index contributed by atoms with van der Waals surface area (Å²) in [7, 11) is 1.86. The first-order valence-corrected chi connectivity index (χ1v) is 6.54. The topological polar surface area (TPSA) is 35.6 Å². The van der Waals surface area contributed by atoms with Gasteiger partial charge in [0.1, 0.15) is 5.15 Å². The molecule has 2 aromatic heterocycles. The number of aryl methyl sites for hydroxylation is 3. The lowest BCUT2D eigenvalue weighted by molar-refractivity contribution is 0.655. The maximum Gasteiger partial charge on any atom is 0.132 e. The van der Waals surface area contributed by atoms with Gasteiger partial charge in [0.05, 0.1) is 17.9 Å². The van der Waals surface area contributed by atoms with Crippen LogP contribution in [0.5, 0.6) is 0 Å². The maximum atomic E-state index is 6.26. The number of rotatable bonds is 3. The second-order valence-electron chi connectivity index (χ2n) is 4.64. The van der Waals surface area contributed by atoms with Crippen LogP contribution >= 0.6 is 11.6 Å². The molecule has 0 unspecified atom stereocenters. The van der Waals surface area contributed by atoms with Crippen LogP contribution in [0.3, 0.4) is 0 Å². The average molecular weight is 267 g/mol. The minimum Gasteiger partial charge on any atom is -0.265 e. The number of nitrogens with zero attached hydrogens (tertiary/aromatic N) is 4. The van der Waals surface area contributed by atoms with Crippen molar-refractivity contribution in [3.63, 3.8) is 0 Å². The van der Waals surface area contributed by atoms with Crippen LogP contribution in [-0.4, -0.2) is 19.6 Å². The molecule has 0 fully saturated rings. The fourth-order valence-electron chi connectivity index (χ4n) is 2.40. The molecule has 0 atom stereocenters. The smallest absolute Gasteiger partial charge is 0.132 e. The van der Waals surface area contributed by atoms with E-state index in [4.69, 9.17) is 11.6 Å². The number of halogens is 1. The zero-order valence-electron chi connectivity index (χ0n) is 11.6. The van der Waals surface area contributed by atoms with E-state index in [-0.39, 0.29) is 0 Å². The molecule has 0 saturated carbocycles. The molecule has 98 valence electrons. The van der Waals surface area contributed by atoms with E-state index in [0.717, 1.165) is 23.4 Å². The van der Waals surface area contributed by atoms with Crippen LogP contribution in [-0.2, 0) is 20.0 Å². The highest BCUT2D eigenvalue weighted by Crippen LogP contribution is 2.22. The van der Waals surface area contributed by atoms with Gasteiger partial charge in [0.15, 0.2) is 0 Å². The third-order valence-electron chi connectivity index (χ3n) is 3.46. The van der Waals surface area contributed by atoms with Crippen LogP contribution in [0.4, 0.5) is 0 Å². The zero-order valence-corrected chi connectivity index (χ0v) is 12.3. The molecule has 0 N–H and O–H groups in total. The first kappa shape index (κ1) is 13.1. The van der Waals surface area contributed by atoms with Crippen molar-refractivity contribution in [3.8, 4) is 0 Å².